The number of primary amides is 1. The summed E-state index contributed by atoms with van der Waals surface area (Å²) >= 11 is 5.96. The van der Waals surface area contributed by atoms with E-state index < -0.39 is 11.8 Å². The molecule has 138 valence electrons. The monoisotopic (exact) mass is 383 g/mol. The number of hydrogen-bond acceptors (Lipinski definition) is 4. The maximum absolute atomic E-state index is 13.0. The highest BCUT2D eigenvalue weighted by Crippen LogP contribution is 2.34. The second kappa shape index (κ2) is 6.66. The zero-order chi connectivity index (χ0) is 19.1. The van der Waals surface area contributed by atoms with E-state index in [9.17, 15) is 9.59 Å². The molecule has 2 amide bonds. The number of carbonyl (C=O) groups is 2. The molecule has 8 heteroatoms. The highest BCUT2D eigenvalue weighted by Gasteiger charge is 2.39. The van der Waals surface area contributed by atoms with E-state index in [1.54, 1.807) is 23.1 Å². The van der Waals surface area contributed by atoms with Crippen molar-refractivity contribution in [3.8, 4) is 0 Å². The summed E-state index contributed by atoms with van der Waals surface area (Å²) < 4.78 is 0. The molecule has 2 aromatic heterocycles. The fourth-order valence-electron chi connectivity index (χ4n) is 3.62. The molecule has 0 aliphatic carbocycles. The summed E-state index contributed by atoms with van der Waals surface area (Å²) in [6, 6.07) is 9.08. The summed E-state index contributed by atoms with van der Waals surface area (Å²) in [6.07, 6.45) is 1.51. The van der Waals surface area contributed by atoms with Crippen LogP contribution in [0.4, 0.5) is 0 Å². The van der Waals surface area contributed by atoms with E-state index in [1.165, 1.54) is 6.20 Å². The zero-order valence-corrected chi connectivity index (χ0v) is 15.4. The van der Waals surface area contributed by atoms with E-state index in [-0.39, 0.29) is 18.4 Å². The smallest absolute Gasteiger partial charge is 0.255 e. The Morgan fingerprint density at radius 3 is 2.70 bits per heavy atom. The van der Waals surface area contributed by atoms with Crippen LogP contribution in [0.15, 0.2) is 36.5 Å². The molecule has 3 heterocycles. The fraction of sp³-hybridized carbons (Fsp3) is 0.263. The van der Waals surface area contributed by atoms with Crippen LogP contribution in [0.25, 0.3) is 11.0 Å². The average molecular weight is 384 g/mol. The van der Waals surface area contributed by atoms with Gasteiger partial charge in [-0.05, 0) is 30.7 Å². The molecule has 0 bridgehead atoms. The van der Waals surface area contributed by atoms with Crippen LogP contribution in [0.3, 0.4) is 0 Å². The number of nitrogens with one attached hydrogen (secondary N) is 1. The van der Waals surface area contributed by atoms with Gasteiger partial charge >= 0.3 is 0 Å². The van der Waals surface area contributed by atoms with Crippen molar-refractivity contribution < 1.29 is 9.59 Å². The van der Waals surface area contributed by atoms with Crippen LogP contribution in [0.2, 0.25) is 5.02 Å². The van der Waals surface area contributed by atoms with Gasteiger partial charge in [0.05, 0.1) is 11.5 Å². The van der Waals surface area contributed by atoms with Crippen LogP contribution in [0.1, 0.15) is 27.5 Å². The Balaban J connectivity index is 1.63. The average Bonchev–Trinajstić information content (AvgIpc) is 3.26. The number of benzene rings is 1. The molecule has 1 aliphatic heterocycles. The highest BCUT2D eigenvalue weighted by atomic mass is 35.5. The van der Waals surface area contributed by atoms with Crippen molar-refractivity contribution in [2.24, 2.45) is 11.7 Å². The number of nitrogens with zero attached hydrogens (tertiary/aromatic N) is 3. The van der Waals surface area contributed by atoms with Crippen LogP contribution < -0.4 is 5.73 Å². The molecule has 1 fully saturated rings. The lowest BCUT2D eigenvalue weighted by atomic mass is 9.88. The van der Waals surface area contributed by atoms with Gasteiger partial charge in [0, 0.05) is 41.3 Å². The molecule has 4 rings (SSSR count). The van der Waals surface area contributed by atoms with E-state index in [0.29, 0.717) is 22.8 Å². The summed E-state index contributed by atoms with van der Waals surface area (Å²) in [5.41, 5.74) is 8.43. The normalized spacial score (nSPS) is 19.6. The van der Waals surface area contributed by atoms with E-state index >= 15 is 0 Å². The first-order chi connectivity index (χ1) is 12.9. The maximum Gasteiger partial charge on any atom is 0.255 e. The van der Waals surface area contributed by atoms with Crippen molar-refractivity contribution in [1.29, 1.82) is 0 Å². The number of rotatable bonds is 3. The SMILES string of the molecule is Cc1[nH]nc2ncc(C(=O)N3C[C@@H](C(N)=O)[C@H](c4ccc(Cl)cc4)C3)cc12. The summed E-state index contributed by atoms with van der Waals surface area (Å²) in [7, 11) is 0. The molecule has 7 nitrogen and oxygen atoms in total. The number of hydrogen-bond donors (Lipinski definition) is 2. The predicted octanol–water partition coefficient (Wildman–Crippen LogP) is 2.26. The Labute approximate surface area is 160 Å². The van der Waals surface area contributed by atoms with Gasteiger partial charge in [-0.1, -0.05) is 23.7 Å². The molecule has 0 spiro atoms. The van der Waals surface area contributed by atoms with Gasteiger partial charge in [-0.3, -0.25) is 14.7 Å². The molecular weight excluding hydrogens is 366 g/mol. The standard InChI is InChI=1S/C19H18ClN5O2/c1-10-14-6-12(7-22-18(14)24-23-10)19(27)25-8-15(16(9-25)17(21)26)11-2-4-13(20)5-3-11/h2-7,15-16H,8-9H2,1H3,(H2,21,26)(H,22,23,24)/t15-,16+/m0/s1. The molecule has 1 saturated heterocycles. The molecule has 0 unspecified atom stereocenters. The van der Waals surface area contributed by atoms with Crippen LogP contribution in [0, 0.1) is 12.8 Å². The van der Waals surface area contributed by atoms with Crippen LogP contribution in [-0.4, -0.2) is 45.0 Å². The number of aromatic nitrogens is 3. The summed E-state index contributed by atoms with van der Waals surface area (Å²) in [5.74, 6) is -1.18. The summed E-state index contributed by atoms with van der Waals surface area (Å²) in [6.45, 7) is 2.57. The maximum atomic E-state index is 13.0. The van der Waals surface area contributed by atoms with Gasteiger partial charge in [-0.2, -0.15) is 5.10 Å². The summed E-state index contributed by atoms with van der Waals surface area (Å²) in [5, 5.41) is 8.36. The molecule has 1 aliphatic rings. The second-order valence-corrected chi connectivity index (χ2v) is 7.26. The van der Waals surface area contributed by atoms with Gasteiger partial charge in [0.1, 0.15) is 0 Å². The lowest BCUT2D eigenvalue weighted by Crippen LogP contribution is -2.32. The van der Waals surface area contributed by atoms with Crippen LogP contribution in [0.5, 0.6) is 0 Å². The van der Waals surface area contributed by atoms with Gasteiger partial charge in [0.15, 0.2) is 5.65 Å². The molecular formula is C19H18ClN5O2. The van der Waals surface area contributed by atoms with Gasteiger partial charge in [-0.25, -0.2) is 4.98 Å². The van der Waals surface area contributed by atoms with Crippen molar-refractivity contribution in [3.63, 3.8) is 0 Å². The van der Waals surface area contributed by atoms with E-state index in [1.807, 2.05) is 19.1 Å². The number of carbonyl (C=O) groups excluding carboxylic acids is 2. The molecule has 0 saturated carbocycles. The Kier molecular flexibility index (Phi) is 4.31. The Morgan fingerprint density at radius 1 is 1.26 bits per heavy atom. The molecule has 0 radical (unpaired) electrons. The quantitative estimate of drug-likeness (QED) is 0.723. The lowest BCUT2D eigenvalue weighted by molar-refractivity contribution is -0.121. The number of aryl methyl sites for hydroxylation is 1. The minimum absolute atomic E-state index is 0.156. The van der Waals surface area contributed by atoms with Gasteiger partial charge in [0.2, 0.25) is 5.91 Å². The van der Waals surface area contributed by atoms with Gasteiger partial charge in [-0.15, -0.1) is 0 Å². The van der Waals surface area contributed by atoms with Crippen LogP contribution in [-0.2, 0) is 4.79 Å². The Morgan fingerprint density at radius 2 is 2.00 bits per heavy atom. The van der Waals surface area contributed by atoms with Crippen LogP contribution >= 0.6 is 11.6 Å². The number of pyridine rings is 1. The van der Waals surface area contributed by atoms with Gasteiger partial charge < -0.3 is 10.6 Å². The first kappa shape index (κ1) is 17.5. The van der Waals surface area contributed by atoms with E-state index in [4.69, 9.17) is 17.3 Å². The first-order valence-electron chi connectivity index (χ1n) is 8.59. The number of halogens is 1. The number of nitrogens with two attached hydrogens (primary N) is 1. The Hall–Kier alpha value is -2.93. The molecule has 2 atom stereocenters. The molecule has 1 aromatic carbocycles. The number of fused-ring (bicyclic) bond motifs is 1. The number of aromatic amines is 1. The number of amides is 2. The van der Waals surface area contributed by atoms with Crippen molar-refractivity contribution in [2.45, 2.75) is 12.8 Å². The fourth-order valence-corrected chi connectivity index (χ4v) is 3.75. The topological polar surface area (TPSA) is 105 Å². The lowest BCUT2D eigenvalue weighted by Gasteiger charge is -2.16. The third-order valence-corrected chi connectivity index (χ3v) is 5.37. The third kappa shape index (κ3) is 3.14. The van der Waals surface area contributed by atoms with Gasteiger partial charge in [0.25, 0.3) is 5.91 Å². The molecule has 27 heavy (non-hydrogen) atoms. The van der Waals surface area contributed by atoms with Crippen molar-refractivity contribution in [2.75, 3.05) is 13.1 Å². The highest BCUT2D eigenvalue weighted by molar-refractivity contribution is 6.30. The molecule has 3 N–H and O–H groups in total. The minimum Gasteiger partial charge on any atom is -0.369 e. The van der Waals surface area contributed by atoms with E-state index in [0.717, 1.165) is 16.6 Å². The Bertz CT molecular complexity index is 1030. The van der Waals surface area contributed by atoms with Crippen molar-refractivity contribution in [3.05, 3.63) is 58.4 Å². The second-order valence-electron chi connectivity index (χ2n) is 6.82. The predicted molar refractivity (Wildman–Crippen MR) is 101 cm³/mol. The van der Waals surface area contributed by atoms with Crippen molar-refractivity contribution >= 4 is 34.4 Å². The summed E-state index contributed by atoms with van der Waals surface area (Å²) in [4.78, 5) is 30.9. The first-order valence-corrected chi connectivity index (χ1v) is 8.96. The zero-order valence-electron chi connectivity index (χ0n) is 14.6. The largest absolute Gasteiger partial charge is 0.369 e. The van der Waals surface area contributed by atoms with Crippen molar-refractivity contribution in [1.82, 2.24) is 20.1 Å². The number of likely N-dealkylation sites (tertiary alicyclic amines) is 1. The minimum atomic E-state index is -0.442. The molecule has 3 aromatic rings. The number of H-pyrrole nitrogens is 1. The third-order valence-electron chi connectivity index (χ3n) is 5.12. The van der Waals surface area contributed by atoms with E-state index in [2.05, 4.69) is 15.2 Å².